The SMILES string of the molecule is C1CCOC1.O=C(O)CN(CCN(CC(=O)O)CC(=O)O)CC(=O)O. The van der Waals surface area contributed by atoms with Gasteiger partial charge in [-0.05, 0) is 12.8 Å². The highest BCUT2D eigenvalue weighted by atomic mass is 16.5. The van der Waals surface area contributed by atoms with Crippen LogP contribution in [0.15, 0.2) is 0 Å². The Morgan fingerprint density at radius 1 is 0.640 bits per heavy atom. The minimum absolute atomic E-state index is 0.0703. The quantitative estimate of drug-likeness (QED) is 0.345. The number of aliphatic carboxylic acids is 4. The third kappa shape index (κ3) is 15.1. The molecule has 11 heteroatoms. The lowest BCUT2D eigenvalue weighted by Gasteiger charge is -2.23. The van der Waals surface area contributed by atoms with Crippen LogP contribution in [0.4, 0.5) is 0 Å². The summed E-state index contributed by atoms with van der Waals surface area (Å²) in [4.78, 5) is 44.4. The van der Waals surface area contributed by atoms with Crippen molar-refractivity contribution in [3.63, 3.8) is 0 Å². The van der Waals surface area contributed by atoms with E-state index in [1.807, 2.05) is 0 Å². The normalized spacial score (nSPS) is 13.4. The minimum atomic E-state index is -1.23. The summed E-state index contributed by atoms with van der Waals surface area (Å²) in [6.45, 7) is -0.251. The van der Waals surface area contributed by atoms with Crippen LogP contribution < -0.4 is 0 Å². The van der Waals surface area contributed by atoms with E-state index < -0.39 is 50.1 Å². The molecule has 1 saturated heterocycles. The molecule has 1 aliphatic heterocycles. The van der Waals surface area contributed by atoms with Gasteiger partial charge in [0.05, 0.1) is 26.2 Å². The summed E-state index contributed by atoms with van der Waals surface area (Å²) in [6, 6.07) is 0. The van der Waals surface area contributed by atoms with E-state index in [4.69, 9.17) is 25.2 Å². The van der Waals surface area contributed by atoms with Gasteiger partial charge in [-0.15, -0.1) is 0 Å². The Balaban J connectivity index is 0.000000972. The van der Waals surface area contributed by atoms with E-state index in [0.717, 1.165) is 23.0 Å². The number of carboxylic acids is 4. The molecule has 0 amide bonds. The summed E-state index contributed by atoms with van der Waals surface area (Å²) in [6.07, 6.45) is 2.56. The Kier molecular flexibility index (Phi) is 11.9. The van der Waals surface area contributed by atoms with Crippen molar-refractivity contribution in [2.75, 3.05) is 52.5 Å². The fourth-order valence-electron chi connectivity index (χ4n) is 1.99. The first kappa shape index (κ1) is 22.8. The Labute approximate surface area is 144 Å². The maximum atomic E-state index is 10.6. The summed E-state index contributed by atoms with van der Waals surface area (Å²) in [5, 5.41) is 34.5. The van der Waals surface area contributed by atoms with Crippen LogP contribution in [0.2, 0.25) is 0 Å². The Morgan fingerprint density at radius 2 is 0.920 bits per heavy atom. The van der Waals surface area contributed by atoms with Gasteiger partial charge in [-0.3, -0.25) is 29.0 Å². The van der Waals surface area contributed by atoms with Gasteiger partial charge in [0.15, 0.2) is 0 Å². The van der Waals surface area contributed by atoms with Gasteiger partial charge in [-0.25, -0.2) is 0 Å². The molecule has 0 radical (unpaired) electrons. The van der Waals surface area contributed by atoms with Gasteiger partial charge in [-0.1, -0.05) is 0 Å². The Bertz CT molecular complexity index is 376. The summed E-state index contributed by atoms with van der Waals surface area (Å²) >= 11 is 0. The fourth-order valence-corrected chi connectivity index (χ4v) is 1.99. The molecule has 4 N–H and O–H groups in total. The zero-order valence-electron chi connectivity index (χ0n) is 13.8. The lowest BCUT2D eigenvalue weighted by atomic mass is 10.4. The minimum Gasteiger partial charge on any atom is -0.480 e. The van der Waals surface area contributed by atoms with E-state index in [-0.39, 0.29) is 13.1 Å². The van der Waals surface area contributed by atoms with Crippen molar-refractivity contribution in [3.8, 4) is 0 Å². The van der Waals surface area contributed by atoms with Crippen molar-refractivity contribution in [2.45, 2.75) is 12.8 Å². The number of ether oxygens (including phenoxy) is 1. The number of rotatable bonds is 11. The first-order valence-electron chi connectivity index (χ1n) is 7.60. The molecule has 0 unspecified atom stereocenters. The number of hydrogen-bond donors (Lipinski definition) is 4. The van der Waals surface area contributed by atoms with Crippen LogP contribution in [-0.4, -0.2) is 107 Å². The predicted octanol–water partition coefficient (Wildman–Crippen LogP) is -1.27. The van der Waals surface area contributed by atoms with E-state index in [2.05, 4.69) is 0 Å². The van der Waals surface area contributed by atoms with Crippen molar-refractivity contribution in [2.24, 2.45) is 0 Å². The number of hydrogen-bond acceptors (Lipinski definition) is 7. The number of nitrogens with zero attached hydrogens (tertiary/aromatic N) is 2. The van der Waals surface area contributed by atoms with Gasteiger partial charge < -0.3 is 25.2 Å². The van der Waals surface area contributed by atoms with Gasteiger partial charge in [0.25, 0.3) is 0 Å². The highest BCUT2D eigenvalue weighted by molar-refractivity contribution is 5.73. The molecule has 0 saturated carbocycles. The average molecular weight is 364 g/mol. The van der Waals surface area contributed by atoms with Crippen LogP contribution in [0.25, 0.3) is 0 Å². The van der Waals surface area contributed by atoms with E-state index in [9.17, 15) is 19.2 Å². The van der Waals surface area contributed by atoms with Crippen molar-refractivity contribution in [1.29, 1.82) is 0 Å². The number of carboxylic acid groups (broad SMARTS) is 4. The molecule has 144 valence electrons. The molecule has 0 aromatic carbocycles. The van der Waals surface area contributed by atoms with Crippen LogP contribution >= 0.6 is 0 Å². The molecule has 11 nitrogen and oxygen atoms in total. The zero-order chi connectivity index (χ0) is 19.2. The van der Waals surface area contributed by atoms with Crippen molar-refractivity contribution < 1.29 is 44.3 Å². The molecule has 0 aliphatic carbocycles. The molecule has 1 fully saturated rings. The van der Waals surface area contributed by atoms with Gasteiger partial charge in [0.1, 0.15) is 0 Å². The summed E-state index contributed by atoms with van der Waals surface area (Å²) in [5.41, 5.74) is 0. The molecule has 0 bridgehead atoms. The first-order chi connectivity index (χ1) is 11.7. The maximum Gasteiger partial charge on any atom is 0.317 e. The monoisotopic (exact) mass is 364 g/mol. The summed E-state index contributed by atoms with van der Waals surface area (Å²) in [5.74, 6) is -4.91. The molecule has 0 aromatic rings. The van der Waals surface area contributed by atoms with Crippen LogP contribution in [0.3, 0.4) is 0 Å². The molecule has 0 aromatic heterocycles. The van der Waals surface area contributed by atoms with E-state index in [1.54, 1.807) is 0 Å². The first-order valence-corrected chi connectivity index (χ1v) is 7.60. The molecular weight excluding hydrogens is 340 g/mol. The van der Waals surface area contributed by atoms with Crippen LogP contribution in [0, 0.1) is 0 Å². The highest BCUT2D eigenvalue weighted by Gasteiger charge is 2.17. The second-order valence-corrected chi connectivity index (χ2v) is 5.32. The summed E-state index contributed by atoms with van der Waals surface area (Å²) < 4.78 is 4.94. The van der Waals surface area contributed by atoms with Gasteiger partial charge >= 0.3 is 23.9 Å². The topological polar surface area (TPSA) is 165 Å². The van der Waals surface area contributed by atoms with Gasteiger partial charge in [0.2, 0.25) is 0 Å². The standard InChI is InChI=1S/C10H16N2O8.C4H8O/c13-7(14)3-11(4-8(15)16)1-2-12(5-9(17)18)6-10(19)20;1-2-4-5-3-1/h1-6H2,(H,13,14)(H,15,16)(H,17,18)(H,19,20);1-4H2. The summed E-state index contributed by atoms with van der Waals surface area (Å²) in [7, 11) is 0. The van der Waals surface area contributed by atoms with Gasteiger partial charge in [0, 0.05) is 26.3 Å². The van der Waals surface area contributed by atoms with Crippen LogP contribution in [0.1, 0.15) is 12.8 Å². The molecule has 1 aliphatic rings. The largest absolute Gasteiger partial charge is 0.480 e. The van der Waals surface area contributed by atoms with E-state index >= 15 is 0 Å². The van der Waals surface area contributed by atoms with Crippen molar-refractivity contribution >= 4 is 23.9 Å². The predicted molar refractivity (Wildman–Crippen MR) is 83.5 cm³/mol. The Hall–Kier alpha value is -2.24. The molecule has 1 heterocycles. The Morgan fingerprint density at radius 3 is 1.08 bits per heavy atom. The van der Waals surface area contributed by atoms with Gasteiger partial charge in [-0.2, -0.15) is 0 Å². The van der Waals surface area contributed by atoms with Crippen molar-refractivity contribution in [1.82, 2.24) is 9.80 Å². The molecular formula is C14H24N2O9. The highest BCUT2D eigenvalue weighted by Crippen LogP contribution is 1.98. The van der Waals surface area contributed by atoms with Crippen LogP contribution in [0.5, 0.6) is 0 Å². The second kappa shape index (κ2) is 13.1. The third-order valence-electron chi connectivity index (χ3n) is 3.00. The lowest BCUT2D eigenvalue weighted by molar-refractivity contribution is -0.145. The molecule has 1 rings (SSSR count). The maximum absolute atomic E-state index is 10.6. The lowest BCUT2D eigenvalue weighted by Crippen LogP contribution is -2.43. The average Bonchev–Trinajstić information content (AvgIpc) is 3.01. The smallest absolute Gasteiger partial charge is 0.317 e. The third-order valence-corrected chi connectivity index (χ3v) is 3.00. The van der Waals surface area contributed by atoms with E-state index in [1.165, 1.54) is 12.8 Å². The zero-order valence-corrected chi connectivity index (χ0v) is 13.8. The van der Waals surface area contributed by atoms with Crippen molar-refractivity contribution in [3.05, 3.63) is 0 Å². The molecule has 0 atom stereocenters. The van der Waals surface area contributed by atoms with E-state index in [0.29, 0.717) is 0 Å². The molecule has 0 spiro atoms. The molecule has 25 heavy (non-hydrogen) atoms. The number of carbonyl (C=O) groups is 4. The fraction of sp³-hybridized carbons (Fsp3) is 0.714. The second-order valence-electron chi connectivity index (χ2n) is 5.32. The van der Waals surface area contributed by atoms with Crippen LogP contribution in [-0.2, 0) is 23.9 Å².